The quantitative estimate of drug-likeness (QED) is 0.713. The molecule has 2 nitrogen and oxygen atoms in total. The van der Waals surface area contributed by atoms with Crippen molar-refractivity contribution in [1.29, 1.82) is 0 Å². The summed E-state index contributed by atoms with van der Waals surface area (Å²) in [5.41, 5.74) is 0.218. The molecular formula is C15H28N2. The molecule has 2 heteroatoms. The second-order valence-electron chi connectivity index (χ2n) is 5.49. The molecule has 98 valence electrons. The first-order valence-electron chi connectivity index (χ1n) is 7.01. The van der Waals surface area contributed by atoms with Gasteiger partial charge in [-0.25, -0.2) is 0 Å². The van der Waals surface area contributed by atoms with Crippen LogP contribution in [0, 0.1) is 11.8 Å². The number of rotatable bonds is 6. The summed E-state index contributed by atoms with van der Waals surface area (Å²) in [5, 5.41) is 3.68. The molecule has 1 aliphatic rings. The van der Waals surface area contributed by atoms with Crippen LogP contribution in [0.1, 0.15) is 53.4 Å². The highest BCUT2D eigenvalue weighted by Gasteiger charge is 2.35. The number of hydrogen-bond acceptors (Lipinski definition) is 2. The predicted octanol–water partition coefficient (Wildman–Crippen LogP) is 2.64. The number of hydrogen-bond donors (Lipinski definition) is 1. The summed E-state index contributed by atoms with van der Waals surface area (Å²) in [4.78, 5) is 2.62. The van der Waals surface area contributed by atoms with Gasteiger partial charge in [-0.2, -0.15) is 0 Å². The van der Waals surface area contributed by atoms with Gasteiger partial charge in [0.2, 0.25) is 0 Å². The van der Waals surface area contributed by atoms with Gasteiger partial charge in [-0.15, -0.1) is 11.8 Å². The average Bonchev–Trinajstić information content (AvgIpc) is 2.83. The average molecular weight is 236 g/mol. The maximum Gasteiger partial charge on any atom is 0.0356 e. The van der Waals surface area contributed by atoms with Crippen LogP contribution in [0.2, 0.25) is 0 Å². The van der Waals surface area contributed by atoms with E-state index in [-0.39, 0.29) is 5.54 Å². The van der Waals surface area contributed by atoms with Crippen molar-refractivity contribution in [2.75, 3.05) is 19.6 Å². The molecule has 1 saturated heterocycles. The van der Waals surface area contributed by atoms with Crippen molar-refractivity contribution in [3.8, 4) is 11.8 Å². The van der Waals surface area contributed by atoms with Gasteiger partial charge < -0.3 is 5.32 Å². The Bertz CT molecular complexity index is 266. The van der Waals surface area contributed by atoms with Gasteiger partial charge >= 0.3 is 0 Å². The Labute approximate surface area is 107 Å². The molecule has 1 fully saturated rings. The lowest BCUT2D eigenvalue weighted by Gasteiger charge is -2.42. The Morgan fingerprint density at radius 1 is 1.29 bits per heavy atom. The number of nitrogens with one attached hydrogen (secondary N) is 1. The van der Waals surface area contributed by atoms with E-state index >= 15 is 0 Å². The van der Waals surface area contributed by atoms with Crippen LogP contribution < -0.4 is 5.32 Å². The third-order valence-electron chi connectivity index (χ3n) is 3.90. The fourth-order valence-electron chi connectivity index (χ4n) is 2.61. The first-order chi connectivity index (χ1) is 8.12. The fraction of sp³-hybridized carbons (Fsp3) is 0.867. The van der Waals surface area contributed by atoms with E-state index < -0.39 is 0 Å². The summed E-state index contributed by atoms with van der Waals surface area (Å²) in [6.07, 6.45) is 4.85. The molecule has 0 amide bonds. The molecule has 1 atom stereocenters. The van der Waals surface area contributed by atoms with E-state index in [2.05, 4.69) is 42.8 Å². The van der Waals surface area contributed by atoms with Crippen LogP contribution in [0.25, 0.3) is 0 Å². The molecule has 0 aromatic rings. The van der Waals surface area contributed by atoms with E-state index in [0.29, 0.717) is 6.04 Å². The third kappa shape index (κ3) is 4.01. The van der Waals surface area contributed by atoms with Gasteiger partial charge in [-0.05, 0) is 59.7 Å². The molecular weight excluding hydrogens is 208 g/mol. The van der Waals surface area contributed by atoms with E-state index in [9.17, 15) is 0 Å². The molecule has 0 aliphatic carbocycles. The third-order valence-corrected chi connectivity index (χ3v) is 3.90. The zero-order valence-corrected chi connectivity index (χ0v) is 12.0. The maximum absolute atomic E-state index is 3.68. The van der Waals surface area contributed by atoms with Crippen molar-refractivity contribution >= 4 is 0 Å². The van der Waals surface area contributed by atoms with Gasteiger partial charge in [0.05, 0.1) is 0 Å². The Hall–Kier alpha value is -0.520. The Kier molecular flexibility index (Phi) is 6.02. The topological polar surface area (TPSA) is 15.3 Å². The van der Waals surface area contributed by atoms with Crippen LogP contribution >= 0.6 is 0 Å². The first kappa shape index (κ1) is 14.5. The van der Waals surface area contributed by atoms with E-state index in [1.54, 1.807) is 0 Å². The highest BCUT2D eigenvalue weighted by atomic mass is 15.2. The van der Waals surface area contributed by atoms with Crippen LogP contribution in [-0.4, -0.2) is 36.1 Å². The molecule has 0 bridgehead atoms. The van der Waals surface area contributed by atoms with E-state index in [4.69, 9.17) is 0 Å². The Morgan fingerprint density at radius 3 is 2.47 bits per heavy atom. The molecule has 1 N–H and O–H groups in total. The van der Waals surface area contributed by atoms with E-state index in [0.717, 1.165) is 13.0 Å². The lowest BCUT2D eigenvalue weighted by Crippen LogP contribution is -2.56. The highest BCUT2D eigenvalue weighted by Crippen LogP contribution is 2.25. The molecule has 0 radical (unpaired) electrons. The second kappa shape index (κ2) is 7.03. The lowest BCUT2D eigenvalue weighted by atomic mass is 9.90. The maximum atomic E-state index is 3.68. The molecule has 0 aromatic carbocycles. The van der Waals surface area contributed by atoms with E-state index in [1.165, 1.54) is 32.4 Å². The summed E-state index contributed by atoms with van der Waals surface area (Å²) >= 11 is 0. The molecule has 17 heavy (non-hydrogen) atoms. The largest absolute Gasteiger partial charge is 0.311 e. The second-order valence-corrected chi connectivity index (χ2v) is 5.49. The van der Waals surface area contributed by atoms with Gasteiger partial charge in [-0.3, -0.25) is 4.90 Å². The van der Waals surface area contributed by atoms with Gasteiger partial charge in [0.15, 0.2) is 0 Å². The number of nitrogens with zero attached hydrogens (tertiary/aromatic N) is 1. The minimum Gasteiger partial charge on any atom is -0.311 e. The molecule has 1 rings (SSSR count). The van der Waals surface area contributed by atoms with E-state index in [1.807, 2.05) is 6.92 Å². The monoisotopic (exact) mass is 236 g/mol. The van der Waals surface area contributed by atoms with Crippen LogP contribution in [0.15, 0.2) is 0 Å². The Balaban J connectivity index is 2.65. The van der Waals surface area contributed by atoms with Gasteiger partial charge in [-0.1, -0.05) is 6.92 Å². The summed E-state index contributed by atoms with van der Waals surface area (Å²) in [6, 6.07) is 0.480. The summed E-state index contributed by atoms with van der Waals surface area (Å²) < 4.78 is 0. The van der Waals surface area contributed by atoms with Crippen LogP contribution in [-0.2, 0) is 0 Å². The van der Waals surface area contributed by atoms with Crippen LogP contribution in [0.5, 0.6) is 0 Å². The minimum atomic E-state index is 0.218. The zero-order chi connectivity index (χ0) is 12.7. The van der Waals surface area contributed by atoms with Crippen molar-refractivity contribution in [3.05, 3.63) is 0 Å². The normalized spacial score (nSPS) is 18.8. The van der Waals surface area contributed by atoms with Gasteiger partial charge in [0, 0.05) is 18.0 Å². The van der Waals surface area contributed by atoms with Crippen molar-refractivity contribution in [2.45, 2.75) is 65.0 Å². The highest BCUT2D eigenvalue weighted by molar-refractivity contribution is 5.05. The van der Waals surface area contributed by atoms with Gasteiger partial charge in [0.1, 0.15) is 0 Å². The Morgan fingerprint density at radius 2 is 1.94 bits per heavy atom. The molecule has 0 saturated carbocycles. The molecule has 1 aliphatic heterocycles. The first-order valence-corrected chi connectivity index (χ1v) is 7.01. The van der Waals surface area contributed by atoms with Gasteiger partial charge in [0.25, 0.3) is 0 Å². The molecule has 1 unspecified atom stereocenters. The van der Waals surface area contributed by atoms with Crippen molar-refractivity contribution < 1.29 is 0 Å². The number of likely N-dealkylation sites (tertiary alicyclic amines) is 1. The SMILES string of the molecule is CC#CCC(NCCC)C(C)(C)N1CCCC1. The molecule has 0 aromatic heterocycles. The minimum absolute atomic E-state index is 0.218. The van der Waals surface area contributed by atoms with Crippen molar-refractivity contribution in [1.82, 2.24) is 10.2 Å². The zero-order valence-electron chi connectivity index (χ0n) is 12.0. The molecule has 0 spiro atoms. The fourth-order valence-corrected chi connectivity index (χ4v) is 2.61. The van der Waals surface area contributed by atoms with Crippen LogP contribution in [0.3, 0.4) is 0 Å². The smallest absolute Gasteiger partial charge is 0.0356 e. The lowest BCUT2D eigenvalue weighted by molar-refractivity contribution is 0.108. The van der Waals surface area contributed by atoms with Crippen molar-refractivity contribution in [2.24, 2.45) is 0 Å². The van der Waals surface area contributed by atoms with Crippen molar-refractivity contribution in [3.63, 3.8) is 0 Å². The standard InChI is InChI=1S/C15H28N2/c1-5-7-10-14(16-11-6-2)15(3,4)17-12-8-9-13-17/h14,16H,6,8-13H2,1-4H3. The summed E-state index contributed by atoms with van der Waals surface area (Å²) in [5.74, 6) is 6.28. The van der Waals surface area contributed by atoms with Crippen LogP contribution in [0.4, 0.5) is 0 Å². The summed E-state index contributed by atoms with van der Waals surface area (Å²) in [6.45, 7) is 12.5. The summed E-state index contributed by atoms with van der Waals surface area (Å²) in [7, 11) is 0. The predicted molar refractivity (Wildman–Crippen MR) is 75.0 cm³/mol. The molecule has 1 heterocycles.